The maximum Gasteiger partial charge on any atom is 0.306 e. The van der Waals surface area contributed by atoms with Crippen molar-refractivity contribution in [3.8, 4) is 0 Å². The van der Waals surface area contributed by atoms with Gasteiger partial charge in [-0.3, -0.25) is 4.79 Å². The van der Waals surface area contributed by atoms with Crippen LogP contribution in [0.2, 0.25) is 0 Å². The van der Waals surface area contributed by atoms with Crippen LogP contribution in [0.25, 0.3) is 0 Å². The van der Waals surface area contributed by atoms with E-state index in [1.807, 2.05) is 0 Å². The average Bonchev–Trinajstić information content (AvgIpc) is 2.78. The molecule has 1 N–H and O–H groups in total. The molecule has 18 heavy (non-hydrogen) atoms. The van der Waals surface area contributed by atoms with Crippen molar-refractivity contribution in [3.63, 3.8) is 0 Å². The summed E-state index contributed by atoms with van der Waals surface area (Å²) in [6, 6.07) is 0. The molecule has 3 nitrogen and oxygen atoms in total. The monoisotopic (exact) mass is 251 g/mol. The third kappa shape index (κ3) is 2.29. The number of nitrogens with zero attached hydrogens (tertiary/aromatic N) is 1. The van der Waals surface area contributed by atoms with E-state index in [4.69, 9.17) is 0 Å². The van der Waals surface area contributed by atoms with Crippen molar-refractivity contribution in [1.82, 2.24) is 4.90 Å². The number of carbonyl (C=O) groups is 1. The van der Waals surface area contributed by atoms with Crippen LogP contribution in [-0.2, 0) is 4.79 Å². The first-order valence-electron chi connectivity index (χ1n) is 7.64. The fraction of sp³-hybridized carbons (Fsp3) is 0.933. The summed E-state index contributed by atoms with van der Waals surface area (Å²) >= 11 is 0. The quantitative estimate of drug-likeness (QED) is 0.838. The van der Waals surface area contributed by atoms with Crippen LogP contribution < -0.4 is 0 Å². The molecule has 0 aromatic rings. The Kier molecular flexibility index (Phi) is 3.35. The average molecular weight is 251 g/mol. The molecule has 3 fully saturated rings. The molecule has 1 aliphatic heterocycles. The van der Waals surface area contributed by atoms with Crippen molar-refractivity contribution < 1.29 is 9.90 Å². The Hall–Kier alpha value is -0.570. The second-order valence-corrected chi connectivity index (χ2v) is 6.87. The zero-order valence-electron chi connectivity index (χ0n) is 11.2. The molecule has 0 aromatic carbocycles. The lowest BCUT2D eigenvalue weighted by Crippen LogP contribution is -2.56. The van der Waals surface area contributed by atoms with Crippen molar-refractivity contribution in [2.75, 3.05) is 19.6 Å². The van der Waals surface area contributed by atoms with Crippen LogP contribution in [0.5, 0.6) is 0 Å². The van der Waals surface area contributed by atoms with Crippen molar-refractivity contribution >= 4 is 5.97 Å². The van der Waals surface area contributed by atoms with Gasteiger partial charge in [-0.2, -0.15) is 0 Å². The van der Waals surface area contributed by atoms with Gasteiger partial charge >= 0.3 is 5.97 Å². The smallest absolute Gasteiger partial charge is 0.306 e. The summed E-state index contributed by atoms with van der Waals surface area (Å²) in [6.45, 7) is 3.53. The van der Waals surface area contributed by atoms with E-state index >= 15 is 0 Å². The Bertz CT molecular complexity index is 314. The van der Waals surface area contributed by atoms with Crippen LogP contribution in [0.3, 0.4) is 0 Å². The standard InChI is InChI=1S/C15H25NO2/c17-14(18)13-6-2-1-5-12(13)9-16-10-15(11-16)7-3-4-8-15/h12-13H,1-11H2,(H,17,18). The highest BCUT2D eigenvalue weighted by Gasteiger charge is 2.45. The van der Waals surface area contributed by atoms with Crippen LogP contribution in [0, 0.1) is 17.3 Å². The lowest BCUT2D eigenvalue weighted by Gasteiger charge is -2.50. The molecule has 102 valence electrons. The third-order valence-corrected chi connectivity index (χ3v) is 5.50. The summed E-state index contributed by atoms with van der Waals surface area (Å²) < 4.78 is 0. The molecular formula is C15H25NO2. The zero-order valence-corrected chi connectivity index (χ0v) is 11.2. The first kappa shape index (κ1) is 12.5. The van der Waals surface area contributed by atoms with E-state index in [2.05, 4.69) is 4.90 Å². The molecule has 0 aromatic heterocycles. The molecule has 2 unspecified atom stereocenters. The molecule has 1 spiro atoms. The number of likely N-dealkylation sites (tertiary alicyclic amines) is 1. The summed E-state index contributed by atoms with van der Waals surface area (Å²) in [5, 5.41) is 9.30. The highest BCUT2D eigenvalue weighted by atomic mass is 16.4. The topological polar surface area (TPSA) is 40.5 Å². The SMILES string of the molecule is O=C(O)C1CCCCC1CN1CC2(CCCC2)C1. The number of carboxylic acids is 1. The first-order valence-corrected chi connectivity index (χ1v) is 7.64. The van der Waals surface area contributed by atoms with Gasteiger partial charge in [0, 0.05) is 19.6 Å². The van der Waals surface area contributed by atoms with E-state index in [1.165, 1.54) is 45.2 Å². The molecule has 2 saturated carbocycles. The third-order valence-electron chi connectivity index (χ3n) is 5.50. The molecule has 1 saturated heterocycles. The van der Waals surface area contributed by atoms with E-state index < -0.39 is 5.97 Å². The Labute approximate surface area is 110 Å². The molecule has 2 aliphatic carbocycles. The van der Waals surface area contributed by atoms with Gasteiger partial charge in [-0.05, 0) is 37.0 Å². The van der Waals surface area contributed by atoms with E-state index in [0.717, 1.165) is 25.8 Å². The number of carboxylic acid groups (broad SMARTS) is 1. The number of hydrogen-bond donors (Lipinski definition) is 1. The van der Waals surface area contributed by atoms with Crippen molar-refractivity contribution in [1.29, 1.82) is 0 Å². The largest absolute Gasteiger partial charge is 0.481 e. The lowest BCUT2D eigenvalue weighted by atomic mass is 9.75. The molecule has 0 radical (unpaired) electrons. The summed E-state index contributed by atoms with van der Waals surface area (Å²) in [7, 11) is 0. The predicted molar refractivity (Wildman–Crippen MR) is 70.4 cm³/mol. The second kappa shape index (κ2) is 4.84. The molecule has 3 aliphatic rings. The maximum absolute atomic E-state index is 11.3. The van der Waals surface area contributed by atoms with Crippen molar-refractivity contribution in [2.45, 2.75) is 51.4 Å². The molecule has 0 amide bonds. The van der Waals surface area contributed by atoms with Gasteiger partial charge in [-0.1, -0.05) is 25.7 Å². The summed E-state index contributed by atoms with van der Waals surface area (Å²) in [5.74, 6) is -0.218. The minimum absolute atomic E-state index is 0.0705. The van der Waals surface area contributed by atoms with Crippen molar-refractivity contribution in [3.05, 3.63) is 0 Å². The Morgan fingerprint density at radius 1 is 1.11 bits per heavy atom. The van der Waals surface area contributed by atoms with E-state index in [-0.39, 0.29) is 5.92 Å². The minimum Gasteiger partial charge on any atom is -0.481 e. The predicted octanol–water partition coefficient (Wildman–Crippen LogP) is 2.75. The van der Waals surface area contributed by atoms with Gasteiger partial charge in [0.25, 0.3) is 0 Å². The van der Waals surface area contributed by atoms with E-state index in [0.29, 0.717) is 11.3 Å². The van der Waals surface area contributed by atoms with E-state index in [9.17, 15) is 9.90 Å². The van der Waals surface area contributed by atoms with Crippen LogP contribution in [-0.4, -0.2) is 35.6 Å². The summed E-state index contributed by atoms with van der Waals surface area (Å²) in [4.78, 5) is 13.8. The zero-order chi connectivity index (χ0) is 12.6. The molecular weight excluding hydrogens is 226 g/mol. The van der Waals surface area contributed by atoms with E-state index in [1.54, 1.807) is 0 Å². The van der Waals surface area contributed by atoms with Gasteiger partial charge in [-0.25, -0.2) is 0 Å². The highest BCUT2D eigenvalue weighted by molar-refractivity contribution is 5.70. The fourth-order valence-corrected chi connectivity index (χ4v) is 4.56. The Morgan fingerprint density at radius 2 is 1.78 bits per heavy atom. The van der Waals surface area contributed by atoms with Gasteiger partial charge in [0.2, 0.25) is 0 Å². The first-order chi connectivity index (χ1) is 8.69. The molecule has 3 rings (SSSR count). The fourth-order valence-electron chi connectivity index (χ4n) is 4.56. The number of hydrogen-bond acceptors (Lipinski definition) is 2. The van der Waals surface area contributed by atoms with Crippen LogP contribution in [0.4, 0.5) is 0 Å². The second-order valence-electron chi connectivity index (χ2n) is 6.87. The van der Waals surface area contributed by atoms with Gasteiger partial charge in [0.1, 0.15) is 0 Å². The van der Waals surface area contributed by atoms with Gasteiger partial charge < -0.3 is 10.0 Å². The minimum atomic E-state index is -0.559. The normalized spacial score (nSPS) is 35.6. The van der Waals surface area contributed by atoms with Gasteiger partial charge in [0.05, 0.1) is 5.92 Å². The molecule has 1 heterocycles. The number of aliphatic carboxylic acids is 1. The van der Waals surface area contributed by atoms with Crippen LogP contribution >= 0.6 is 0 Å². The summed E-state index contributed by atoms with van der Waals surface area (Å²) in [6.07, 6.45) is 10.0. The molecule has 0 bridgehead atoms. The maximum atomic E-state index is 11.3. The Balaban J connectivity index is 1.51. The highest BCUT2D eigenvalue weighted by Crippen LogP contribution is 2.46. The lowest BCUT2D eigenvalue weighted by molar-refractivity contribution is -0.145. The van der Waals surface area contributed by atoms with Crippen molar-refractivity contribution in [2.24, 2.45) is 17.3 Å². The van der Waals surface area contributed by atoms with Crippen LogP contribution in [0.1, 0.15) is 51.4 Å². The van der Waals surface area contributed by atoms with Gasteiger partial charge in [0.15, 0.2) is 0 Å². The van der Waals surface area contributed by atoms with Gasteiger partial charge in [-0.15, -0.1) is 0 Å². The van der Waals surface area contributed by atoms with Crippen LogP contribution in [0.15, 0.2) is 0 Å². The summed E-state index contributed by atoms with van der Waals surface area (Å²) in [5.41, 5.74) is 0.646. The molecule has 2 atom stereocenters. The Morgan fingerprint density at radius 3 is 2.44 bits per heavy atom. The molecule has 3 heteroatoms. The number of rotatable bonds is 3.